The second-order valence-electron chi connectivity index (χ2n) is 4.67. The van der Waals surface area contributed by atoms with E-state index in [2.05, 4.69) is 6.92 Å². The molecule has 2 rings (SSSR count). The molecule has 1 aromatic carbocycles. The van der Waals surface area contributed by atoms with E-state index in [1.54, 1.807) is 12.1 Å². The van der Waals surface area contributed by atoms with Gasteiger partial charge >= 0.3 is 0 Å². The Morgan fingerprint density at radius 2 is 2.12 bits per heavy atom. The number of nitriles is 1. The first-order chi connectivity index (χ1) is 8.20. The maximum absolute atomic E-state index is 8.80. The lowest BCUT2D eigenvalue weighted by molar-refractivity contribution is 0.102. The van der Waals surface area contributed by atoms with Crippen LogP contribution in [0.15, 0.2) is 18.2 Å². The predicted octanol–water partition coefficient (Wildman–Crippen LogP) is 4.17. The van der Waals surface area contributed by atoms with Crippen LogP contribution in [0.2, 0.25) is 5.02 Å². The zero-order valence-electron chi connectivity index (χ0n) is 9.95. The first-order valence-corrected chi connectivity index (χ1v) is 6.45. The Morgan fingerprint density at radius 3 is 2.76 bits per heavy atom. The van der Waals surface area contributed by atoms with Crippen LogP contribution in [0.3, 0.4) is 0 Å². The van der Waals surface area contributed by atoms with E-state index < -0.39 is 0 Å². The number of rotatable bonds is 2. The number of ether oxygens (including phenoxy) is 1. The largest absolute Gasteiger partial charge is 0.490 e. The van der Waals surface area contributed by atoms with E-state index >= 15 is 0 Å². The standard InChI is InChI=1S/C14H16ClNO/c1-10-4-2-3-5-14(10)17-12-7-6-11(9-16)13(15)8-12/h6-8,10,14H,2-5H2,1H3/t10-,14-/m0/s1. The monoisotopic (exact) mass is 249 g/mol. The van der Waals surface area contributed by atoms with Crippen LogP contribution in [0.25, 0.3) is 0 Å². The third-order valence-corrected chi connectivity index (χ3v) is 3.69. The van der Waals surface area contributed by atoms with Crippen molar-refractivity contribution in [1.82, 2.24) is 0 Å². The number of hydrogen-bond acceptors (Lipinski definition) is 2. The fourth-order valence-corrected chi connectivity index (χ4v) is 2.50. The van der Waals surface area contributed by atoms with Crippen LogP contribution < -0.4 is 4.74 Å². The van der Waals surface area contributed by atoms with Gasteiger partial charge in [0.25, 0.3) is 0 Å². The van der Waals surface area contributed by atoms with E-state index in [0.29, 0.717) is 16.5 Å². The number of halogens is 1. The topological polar surface area (TPSA) is 33.0 Å². The number of hydrogen-bond donors (Lipinski definition) is 0. The Balaban J connectivity index is 2.08. The average molecular weight is 250 g/mol. The Hall–Kier alpha value is -1.20. The van der Waals surface area contributed by atoms with Gasteiger partial charge in [-0.1, -0.05) is 24.9 Å². The third kappa shape index (κ3) is 2.92. The number of nitrogens with zero attached hydrogens (tertiary/aromatic N) is 1. The highest BCUT2D eigenvalue weighted by Gasteiger charge is 2.22. The first kappa shape index (κ1) is 12.3. The molecule has 0 unspecified atom stereocenters. The molecule has 0 N–H and O–H groups in total. The molecule has 1 aliphatic rings. The van der Waals surface area contributed by atoms with Gasteiger partial charge in [-0.05, 0) is 37.3 Å². The highest BCUT2D eigenvalue weighted by Crippen LogP contribution is 2.29. The fraction of sp³-hybridized carbons (Fsp3) is 0.500. The van der Waals surface area contributed by atoms with Gasteiger partial charge in [-0.2, -0.15) is 5.26 Å². The molecule has 1 aromatic rings. The van der Waals surface area contributed by atoms with Gasteiger partial charge in [0, 0.05) is 6.07 Å². The lowest BCUT2D eigenvalue weighted by Gasteiger charge is -2.29. The first-order valence-electron chi connectivity index (χ1n) is 6.07. The molecule has 0 amide bonds. The summed E-state index contributed by atoms with van der Waals surface area (Å²) in [5.74, 6) is 1.37. The van der Waals surface area contributed by atoms with Crippen molar-refractivity contribution < 1.29 is 4.74 Å². The lowest BCUT2D eigenvalue weighted by atomic mass is 9.88. The van der Waals surface area contributed by atoms with Crippen molar-refractivity contribution in [2.75, 3.05) is 0 Å². The molecule has 2 nitrogen and oxygen atoms in total. The Morgan fingerprint density at radius 1 is 1.35 bits per heavy atom. The normalized spacial score (nSPS) is 24.1. The summed E-state index contributed by atoms with van der Waals surface area (Å²) in [5.41, 5.74) is 0.496. The van der Waals surface area contributed by atoms with Crippen LogP contribution in [0.5, 0.6) is 5.75 Å². The zero-order valence-corrected chi connectivity index (χ0v) is 10.7. The second-order valence-corrected chi connectivity index (χ2v) is 5.08. The molecule has 17 heavy (non-hydrogen) atoms. The molecule has 0 spiro atoms. The van der Waals surface area contributed by atoms with Gasteiger partial charge in [0.05, 0.1) is 10.6 Å². The van der Waals surface area contributed by atoms with Gasteiger partial charge in [0.15, 0.2) is 0 Å². The van der Waals surface area contributed by atoms with Crippen molar-refractivity contribution in [1.29, 1.82) is 5.26 Å². The molecule has 0 aromatic heterocycles. The smallest absolute Gasteiger partial charge is 0.121 e. The molecule has 0 radical (unpaired) electrons. The van der Waals surface area contributed by atoms with Gasteiger partial charge in [-0.15, -0.1) is 0 Å². The van der Waals surface area contributed by atoms with Gasteiger partial charge < -0.3 is 4.74 Å². The Kier molecular flexibility index (Phi) is 3.91. The van der Waals surface area contributed by atoms with Crippen molar-refractivity contribution in [3.05, 3.63) is 28.8 Å². The minimum Gasteiger partial charge on any atom is -0.490 e. The molecule has 1 saturated carbocycles. The molecule has 3 heteroatoms. The van der Waals surface area contributed by atoms with Crippen molar-refractivity contribution in [3.63, 3.8) is 0 Å². The van der Waals surface area contributed by atoms with Crippen LogP contribution in [0.1, 0.15) is 38.2 Å². The molecule has 1 aliphatic carbocycles. The van der Waals surface area contributed by atoms with Gasteiger partial charge in [-0.3, -0.25) is 0 Å². The van der Waals surface area contributed by atoms with E-state index in [-0.39, 0.29) is 6.10 Å². The molecule has 90 valence electrons. The van der Waals surface area contributed by atoms with Crippen LogP contribution in [-0.2, 0) is 0 Å². The van der Waals surface area contributed by atoms with Crippen molar-refractivity contribution in [2.24, 2.45) is 5.92 Å². The lowest BCUT2D eigenvalue weighted by Crippen LogP contribution is -2.28. The Bertz CT molecular complexity index is 438. The second kappa shape index (κ2) is 5.42. The minimum atomic E-state index is 0.285. The van der Waals surface area contributed by atoms with Crippen LogP contribution in [0.4, 0.5) is 0 Å². The summed E-state index contributed by atoms with van der Waals surface area (Å²) in [6, 6.07) is 7.32. The highest BCUT2D eigenvalue weighted by atomic mass is 35.5. The van der Waals surface area contributed by atoms with Crippen LogP contribution in [0, 0.1) is 17.2 Å². The average Bonchev–Trinajstić information content (AvgIpc) is 2.32. The fourth-order valence-electron chi connectivity index (χ4n) is 2.29. The summed E-state index contributed by atoms with van der Waals surface area (Å²) < 4.78 is 5.95. The van der Waals surface area contributed by atoms with E-state index in [0.717, 1.165) is 12.2 Å². The van der Waals surface area contributed by atoms with Gasteiger partial charge in [-0.25, -0.2) is 0 Å². The summed E-state index contributed by atoms with van der Waals surface area (Å²) in [4.78, 5) is 0. The van der Waals surface area contributed by atoms with Gasteiger partial charge in [0.2, 0.25) is 0 Å². The maximum atomic E-state index is 8.80. The van der Waals surface area contributed by atoms with Crippen LogP contribution in [-0.4, -0.2) is 6.10 Å². The molecule has 1 fully saturated rings. The molecule has 0 saturated heterocycles. The molecule has 0 heterocycles. The van der Waals surface area contributed by atoms with E-state index in [1.807, 2.05) is 12.1 Å². The van der Waals surface area contributed by atoms with Crippen molar-refractivity contribution in [2.45, 2.75) is 38.7 Å². The highest BCUT2D eigenvalue weighted by molar-refractivity contribution is 6.31. The summed E-state index contributed by atoms with van der Waals surface area (Å²) in [6.07, 6.45) is 5.16. The molecular weight excluding hydrogens is 234 g/mol. The molecule has 0 aliphatic heterocycles. The van der Waals surface area contributed by atoms with Gasteiger partial charge in [0.1, 0.15) is 17.9 Å². The van der Waals surface area contributed by atoms with Crippen molar-refractivity contribution >= 4 is 11.6 Å². The predicted molar refractivity (Wildman–Crippen MR) is 68.2 cm³/mol. The zero-order chi connectivity index (χ0) is 12.3. The SMILES string of the molecule is C[C@H]1CCCC[C@@H]1Oc1ccc(C#N)c(Cl)c1. The van der Waals surface area contributed by atoms with E-state index in [9.17, 15) is 0 Å². The molecule has 0 bridgehead atoms. The Labute approximate surface area is 107 Å². The summed E-state index contributed by atoms with van der Waals surface area (Å²) in [5, 5.41) is 9.26. The van der Waals surface area contributed by atoms with Crippen molar-refractivity contribution in [3.8, 4) is 11.8 Å². The summed E-state index contributed by atoms with van der Waals surface area (Å²) >= 11 is 5.98. The summed E-state index contributed by atoms with van der Waals surface area (Å²) in [7, 11) is 0. The van der Waals surface area contributed by atoms with E-state index in [4.69, 9.17) is 21.6 Å². The molecular formula is C14H16ClNO. The third-order valence-electron chi connectivity index (χ3n) is 3.38. The van der Waals surface area contributed by atoms with Crippen LogP contribution >= 0.6 is 11.6 Å². The quantitative estimate of drug-likeness (QED) is 0.788. The van der Waals surface area contributed by atoms with E-state index in [1.165, 1.54) is 19.3 Å². The number of benzene rings is 1. The summed E-state index contributed by atoms with van der Waals surface area (Å²) in [6.45, 7) is 2.23. The minimum absolute atomic E-state index is 0.285. The maximum Gasteiger partial charge on any atom is 0.121 e. The molecule has 2 atom stereocenters.